The first-order valence-corrected chi connectivity index (χ1v) is 10.9. The lowest BCUT2D eigenvalue weighted by molar-refractivity contribution is -0.115. The third kappa shape index (κ3) is 5.42. The van der Waals surface area contributed by atoms with E-state index in [2.05, 4.69) is 21.7 Å². The molecule has 0 unspecified atom stereocenters. The van der Waals surface area contributed by atoms with Crippen molar-refractivity contribution in [3.8, 4) is 28.5 Å². The van der Waals surface area contributed by atoms with E-state index in [1.165, 1.54) is 11.3 Å². The van der Waals surface area contributed by atoms with Crippen LogP contribution in [0.25, 0.3) is 22.4 Å². The number of nitrogen functional groups attached to an aromatic ring is 1. The van der Waals surface area contributed by atoms with Crippen LogP contribution in [0, 0.1) is 11.3 Å². The van der Waals surface area contributed by atoms with Crippen LogP contribution in [0.1, 0.15) is 15.9 Å². The molecule has 0 spiro atoms. The average Bonchev–Trinajstić information content (AvgIpc) is 3.31. The molecular formula is C25H19N5O2S. The molecule has 0 atom stereocenters. The number of hydrogen-bond acceptors (Lipinski definition) is 6. The largest absolute Gasteiger partial charge is 0.399 e. The maximum Gasteiger partial charge on any atom is 0.251 e. The molecule has 1 heterocycles. The Morgan fingerprint density at radius 2 is 1.70 bits per heavy atom. The molecule has 0 bridgehead atoms. The Kier molecular flexibility index (Phi) is 6.43. The molecule has 4 rings (SSSR count). The number of carbonyl (C=O) groups excluding carboxylic acids is 2. The van der Waals surface area contributed by atoms with Crippen molar-refractivity contribution in [3.63, 3.8) is 0 Å². The number of amides is 2. The molecular weight excluding hydrogens is 434 g/mol. The Bertz CT molecular complexity index is 1340. The Balaban J connectivity index is 1.38. The molecule has 4 aromatic rings. The first kappa shape index (κ1) is 21.7. The van der Waals surface area contributed by atoms with Crippen molar-refractivity contribution in [2.75, 3.05) is 17.6 Å². The molecule has 33 heavy (non-hydrogen) atoms. The number of nitrogens with two attached hydrogens (primary N) is 1. The number of anilines is 2. The van der Waals surface area contributed by atoms with Crippen LogP contribution < -0.4 is 16.4 Å². The Morgan fingerprint density at radius 1 is 0.970 bits per heavy atom. The highest BCUT2D eigenvalue weighted by Crippen LogP contribution is 2.29. The number of benzene rings is 3. The van der Waals surface area contributed by atoms with Gasteiger partial charge in [0.25, 0.3) is 5.91 Å². The minimum Gasteiger partial charge on any atom is -0.399 e. The SMILES string of the molecule is N#Cc1ccc(-c2cccc(-c3csc(NC(=O)CNC(=O)c4ccc(N)cc4)n3)c2)cc1. The zero-order valence-electron chi connectivity index (χ0n) is 17.4. The lowest BCUT2D eigenvalue weighted by atomic mass is 10.0. The summed E-state index contributed by atoms with van der Waals surface area (Å²) in [6.45, 7) is -0.174. The first-order valence-electron chi connectivity index (χ1n) is 10.0. The van der Waals surface area contributed by atoms with Gasteiger partial charge in [-0.1, -0.05) is 30.3 Å². The maximum atomic E-state index is 12.2. The number of rotatable bonds is 6. The molecule has 0 saturated heterocycles. The number of nitriles is 1. The van der Waals surface area contributed by atoms with E-state index in [9.17, 15) is 9.59 Å². The van der Waals surface area contributed by atoms with Gasteiger partial charge in [-0.15, -0.1) is 11.3 Å². The van der Waals surface area contributed by atoms with Crippen molar-refractivity contribution < 1.29 is 9.59 Å². The Hall–Kier alpha value is -4.48. The number of nitrogens with zero attached hydrogens (tertiary/aromatic N) is 2. The molecule has 3 aromatic carbocycles. The fourth-order valence-corrected chi connectivity index (χ4v) is 3.86. The summed E-state index contributed by atoms with van der Waals surface area (Å²) in [5.74, 6) is -0.726. The third-order valence-electron chi connectivity index (χ3n) is 4.84. The molecule has 0 aliphatic carbocycles. The van der Waals surface area contributed by atoms with Crippen molar-refractivity contribution in [3.05, 3.63) is 89.3 Å². The summed E-state index contributed by atoms with van der Waals surface area (Å²) in [6, 6.07) is 23.8. The lowest BCUT2D eigenvalue weighted by Crippen LogP contribution is -2.32. The summed E-state index contributed by atoms with van der Waals surface area (Å²) in [7, 11) is 0. The highest BCUT2D eigenvalue weighted by molar-refractivity contribution is 7.14. The smallest absolute Gasteiger partial charge is 0.251 e. The molecule has 1 aromatic heterocycles. The van der Waals surface area contributed by atoms with Gasteiger partial charge in [-0.2, -0.15) is 5.26 Å². The Labute approximate surface area is 194 Å². The molecule has 2 amide bonds. The summed E-state index contributed by atoms with van der Waals surface area (Å²) >= 11 is 1.31. The predicted octanol–water partition coefficient (Wildman–Crippen LogP) is 4.30. The van der Waals surface area contributed by atoms with Crippen molar-refractivity contribution in [1.82, 2.24) is 10.3 Å². The third-order valence-corrected chi connectivity index (χ3v) is 5.60. The quantitative estimate of drug-likeness (QED) is 0.376. The summed E-state index contributed by atoms with van der Waals surface area (Å²) < 4.78 is 0. The molecule has 0 aliphatic rings. The van der Waals surface area contributed by atoms with E-state index in [1.807, 2.05) is 41.8 Å². The van der Waals surface area contributed by atoms with Gasteiger partial charge in [-0.05, 0) is 53.6 Å². The molecule has 4 N–H and O–H groups in total. The van der Waals surface area contributed by atoms with Crippen LogP contribution in [0.2, 0.25) is 0 Å². The number of thiazole rings is 1. The van der Waals surface area contributed by atoms with E-state index >= 15 is 0 Å². The van der Waals surface area contributed by atoms with Gasteiger partial charge in [0, 0.05) is 22.2 Å². The van der Waals surface area contributed by atoms with Crippen LogP contribution in [0.5, 0.6) is 0 Å². The fourth-order valence-electron chi connectivity index (χ4n) is 3.12. The average molecular weight is 454 g/mol. The molecule has 0 aliphatic heterocycles. The van der Waals surface area contributed by atoms with Crippen LogP contribution in [-0.4, -0.2) is 23.3 Å². The van der Waals surface area contributed by atoms with E-state index in [4.69, 9.17) is 11.0 Å². The maximum absolute atomic E-state index is 12.2. The van der Waals surface area contributed by atoms with E-state index < -0.39 is 0 Å². The predicted molar refractivity (Wildman–Crippen MR) is 130 cm³/mol. The van der Waals surface area contributed by atoms with E-state index in [1.54, 1.807) is 36.4 Å². The first-order chi connectivity index (χ1) is 16.0. The van der Waals surface area contributed by atoms with Gasteiger partial charge in [-0.3, -0.25) is 9.59 Å². The fraction of sp³-hybridized carbons (Fsp3) is 0.0400. The van der Waals surface area contributed by atoms with Crippen molar-refractivity contribution in [2.24, 2.45) is 0 Å². The van der Waals surface area contributed by atoms with Crippen LogP contribution in [0.15, 0.2) is 78.2 Å². The van der Waals surface area contributed by atoms with Crippen molar-refractivity contribution in [1.29, 1.82) is 5.26 Å². The minimum absolute atomic E-state index is 0.174. The monoisotopic (exact) mass is 453 g/mol. The van der Waals surface area contributed by atoms with Gasteiger partial charge in [0.2, 0.25) is 5.91 Å². The lowest BCUT2D eigenvalue weighted by Gasteiger charge is -2.06. The molecule has 8 heteroatoms. The normalized spacial score (nSPS) is 10.3. The van der Waals surface area contributed by atoms with Crippen LogP contribution in [0.4, 0.5) is 10.8 Å². The molecule has 0 saturated carbocycles. The van der Waals surface area contributed by atoms with Gasteiger partial charge in [-0.25, -0.2) is 4.98 Å². The van der Waals surface area contributed by atoms with Crippen LogP contribution in [-0.2, 0) is 4.79 Å². The highest BCUT2D eigenvalue weighted by atomic mass is 32.1. The summed E-state index contributed by atoms with van der Waals surface area (Å²) in [4.78, 5) is 28.9. The second kappa shape index (κ2) is 9.77. The number of aromatic nitrogens is 1. The van der Waals surface area contributed by atoms with Crippen molar-refractivity contribution in [2.45, 2.75) is 0 Å². The van der Waals surface area contributed by atoms with Gasteiger partial charge < -0.3 is 16.4 Å². The van der Waals surface area contributed by atoms with E-state index in [0.717, 1.165) is 22.4 Å². The van der Waals surface area contributed by atoms with Gasteiger partial charge in [0.15, 0.2) is 5.13 Å². The van der Waals surface area contributed by atoms with E-state index in [0.29, 0.717) is 21.9 Å². The topological polar surface area (TPSA) is 121 Å². The summed E-state index contributed by atoms with van der Waals surface area (Å²) in [5.41, 5.74) is 10.9. The second-order valence-electron chi connectivity index (χ2n) is 7.16. The van der Waals surface area contributed by atoms with Crippen LogP contribution in [0.3, 0.4) is 0 Å². The number of hydrogen-bond donors (Lipinski definition) is 3. The van der Waals surface area contributed by atoms with Gasteiger partial charge in [0.1, 0.15) is 0 Å². The zero-order chi connectivity index (χ0) is 23.2. The molecule has 0 radical (unpaired) electrons. The number of nitrogens with one attached hydrogen (secondary N) is 2. The summed E-state index contributed by atoms with van der Waals surface area (Å²) in [6.07, 6.45) is 0. The van der Waals surface area contributed by atoms with Gasteiger partial charge in [0.05, 0.1) is 23.9 Å². The molecule has 0 fully saturated rings. The zero-order valence-corrected chi connectivity index (χ0v) is 18.2. The Morgan fingerprint density at radius 3 is 2.42 bits per heavy atom. The van der Waals surface area contributed by atoms with E-state index in [-0.39, 0.29) is 18.4 Å². The molecule has 7 nitrogen and oxygen atoms in total. The number of carbonyl (C=O) groups is 2. The molecule has 162 valence electrons. The summed E-state index contributed by atoms with van der Waals surface area (Å²) in [5, 5.41) is 16.6. The minimum atomic E-state index is -0.369. The highest BCUT2D eigenvalue weighted by Gasteiger charge is 2.11. The van der Waals surface area contributed by atoms with Gasteiger partial charge >= 0.3 is 0 Å². The van der Waals surface area contributed by atoms with Crippen molar-refractivity contribution >= 4 is 34.0 Å². The second-order valence-corrected chi connectivity index (χ2v) is 8.02. The van der Waals surface area contributed by atoms with Crippen LogP contribution >= 0.6 is 11.3 Å². The standard InChI is InChI=1S/C25H19N5O2S/c26-13-16-4-6-17(7-5-16)19-2-1-3-20(12-19)22-15-33-25(29-22)30-23(31)14-28-24(32)18-8-10-21(27)11-9-18/h1-12,15H,14,27H2,(H,28,32)(H,29,30,31).